The molecule has 0 aliphatic rings. The monoisotopic (exact) mass is 406 g/mol. The summed E-state index contributed by atoms with van der Waals surface area (Å²) in [5.41, 5.74) is 0.783. The van der Waals surface area contributed by atoms with Gasteiger partial charge in [-0.25, -0.2) is 4.68 Å². The summed E-state index contributed by atoms with van der Waals surface area (Å²) in [4.78, 5) is 12.6. The Morgan fingerprint density at radius 3 is 2.48 bits per heavy atom. The van der Waals surface area contributed by atoms with E-state index in [0.717, 1.165) is 11.8 Å². The molecule has 0 amide bonds. The van der Waals surface area contributed by atoms with Crippen molar-refractivity contribution in [1.29, 1.82) is 0 Å². The molecule has 0 aliphatic carbocycles. The quantitative estimate of drug-likeness (QED) is 0.512. The van der Waals surface area contributed by atoms with E-state index in [1.807, 2.05) is 6.07 Å². The van der Waals surface area contributed by atoms with Crippen LogP contribution in [-0.4, -0.2) is 25.3 Å². The molecule has 3 rings (SSSR count). The van der Waals surface area contributed by atoms with E-state index < -0.39 is 15.7 Å². The molecule has 2 aromatic carbocycles. The lowest BCUT2D eigenvalue weighted by Crippen LogP contribution is -2.15. The maximum absolute atomic E-state index is 12.7. The van der Waals surface area contributed by atoms with Crippen LogP contribution in [0.1, 0.15) is 5.69 Å². The Morgan fingerprint density at radius 2 is 1.81 bits per heavy atom. The second-order valence-corrected chi connectivity index (χ2v) is 7.62. The number of H-pyrrole nitrogens is 1. The van der Waals surface area contributed by atoms with E-state index in [1.54, 1.807) is 31.2 Å². The second kappa shape index (κ2) is 7.47. The molecule has 0 bridgehead atoms. The zero-order valence-electron chi connectivity index (χ0n) is 14.4. The van der Waals surface area contributed by atoms with E-state index in [2.05, 4.69) is 19.5 Å². The van der Waals surface area contributed by atoms with Gasteiger partial charge in [-0.1, -0.05) is 29.8 Å². The number of hydrogen-bond donors (Lipinski definition) is 1. The molecule has 0 fully saturated rings. The first-order chi connectivity index (χ1) is 12.8. The third kappa shape index (κ3) is 3.85. The molecule has 0 radical (unpaired) electrons. The summed E-state index contributed by atoms with van der Waals surface area (Å²) in [6, 6.07) is 12.9. The van der Waals surface area contributed by atoms with E-state index >= 15 is 0 Å². The maximum Gasteiger partial charge on any atom is 0.299 e. The zero-order valence-corrected chi connectivity index (χ0v) is 16.0. The van der Waals surface area contributed by atoms with Gasteiger partial charge < -0.3 is 0 Å². The Kier molecular flexibility index (Phi) is 5.26. The third-order valence-corrected chi connectivity index (χ3v) is 5.32. The van der Waals surface area contributed by atoms with E-state index in [0.29, 0.717) is 11.4 Å². The fourth-order valence-corrected chi connectivity index (χ4v) is 3.23. The summed E-state index contributed by atoms with van der Waals surface area (Å²) in [5, 5.41) is 11.1. The molecule has 8 nitrogen and oxygen atoms in total. The number of nitrogens with one attached hydrogen (secondary N) is 1. The van der Waals surface area contributed by atoms with Gasteiger partial charge in [0.15, 0.2) is 5.69 Å². The normalized spacial score (nSPS) is 12.0. The Morgan fingerprint density at radius 1 is 1.11 bits per heavy atom. The van der Waals surface area contributed by atoms with Crippen LogP contribution in [0, 0.1) is 6.92 Å². The van der Waals surface area contributed by atoms with Crippen molar-refractivity contribution in [3.8, 4) is 5.69 Å². The zero-order chi connectivity index (χ0) is 19.6. The van der Waals surface area contributed by atoms with Crippen LogP contribution in [0.3, 0.4) is 0 Å². The molecule has 0 saturated heterocycles. The lowest BCUT2D eigenvalue weighted by Gasteiger charge is -2.07. The number of aryl methyl sites for hydroxylation is 1. The highest BCUT2D eigenvalue weighted by atomic mass is 35.5. The number of halogens is 1. The van der Waals surface area contributed by atoms with Gasteiger partial charge in [-0.3, -0.25) is 14.1 Å². The second-order valence-electron chi connectivity index (χ2n) is 5.50. The predicted molar refractivity (Wildman–Crippen MR) is 101 cm³/mol. The van der Waals surface area contributed by atoms with E-state index in [1.165, 1.54) is 18.2 Å². The minimum Gasteiger partial charge on any atom is -0.293 e. The summed E-state index contributed by atoms with van der Waals surface area (Å²) in [7, 11) is -2.89. The first kappa shape index (κ1) is 19.0. The number of nitrogens with zero attached hydrogens (tertiary/aromatic N) is 3. The lowest BCUT2D eigenvalue weighted by molar-refractivity contribution is 0.397. The van der Waals surface area contributed by atoms with Crippen molar-refractivity contribution in [3.63, 3.8) is 0 Å². The van der Waals surface area contributed by atoms with Gasteiger partial charge in [-0.2, -0.15) is 13.5 Å². The smallest absolute Gasteiger partial charge is 0.293 e. The Balaban J connectivity index is 2.09. The molecule has 0 atom stereocenters. The molecule has 0 spiro atoms. The van der Waals surface area contributed by atoms with Gasteiger partial charge in [-0.15, -0.1) is 5.11 Å². The van der Waals surface area contributed by atoms with Gasteiger partial charge in [0.2, 0.25) is 0 Å². The van der Waals surface area contributed by atoms with E-state index in [-0.39, 0.29) is 21.3 Å². The van der Waals surface area contributed by atoms with Crippen molar-refractivity contribution < 1.29 is 12.6 Å². The summed E-state index contributed by atoms with van der Waals surface area (Å²) in [6.07, 6.45) is 0. The van der Waals surface area contributed by atoms with Gasteiger partial charge >= 0.3 is 0 Å². The number of hydrogen-bond acceptors (Lipinski definition) is 6. The highest BCUT2D eigenvalue weighted by Crippen LogP contribution is 2.25. The molecule has 140 valence electrons. The number of aromatic amines is 1. The van der Waals surface area contributed by atoms with Crippen LogP contribution in [0.15, 0.2) is 68.4 Å². The van der Waals surface area contributed by atoms with E-state index in [4.69, 9.17) is 11.6 Å². The maximum atomic E-state index is 12.7. The number of aromatic nitrogens is 2. The van der Waals surface area contributed by atoms with Crippen LogP contribution < -0.4 is 5.56 Å². The largest absolute Gasteiger partial charge is 0.299 e. The molecule has 27 heavy (non-hydrogen) atoms. The van der Waals surface area contributed by atoms with Crippen molar-refractivity contribution in [2.24, 2.45) is 10.2 Å². The molecule has 0 aliphatic heterocycles. The lowest BCUT2D eigenvalue weighted by atomic mass is 10.3. The Hall–Kier alpha value is -2.75. The summed E-state index contributed by atoms with van der Waals surface area (Å²) in [6.45, 7) is 1.65. The summed E-state index contributed by atoms with van der Waals surface area (Å²) < 4.78 is 29.4. The van der Waals surface area contributed by atoms with Crippen molar-refractivity contribution in [2.45, 2.75) is 11.8 Å². The average molecular weight is 407 g/mol. The van der Waals surface area contributed by atoms with Crippen molar-refractivity contribution >= 4 is 33.1 Å². The highest BCUT2D eigenvalue weighted by molar-refractivity contribution is 7.86. The van der Waals surface area contributed by atoms with Gasteiger partial charge in [0.1, 0.15) is 0 Å². The van der Waals surface area contributed by atoms with Crippen molar-refractivity contribution in [2.75, 3.05) is 7.11 Å². The molecule has 1 N–H and O–H groups in total. The molecule has 0 unspecified atom stereocenters. The third-order valence-electron chi connectivity index (χ3n) is 3.73. The number of rotatable bonds is 5. The van der Waals surface area contributed by atoms with Gasteiger partial charge in [0, 0.05) is 0 Å². The van der Waals surface area contributed by atoms with Gasteiger partial charge in [0.05, 0.1) is 34.1 Å². The molecule has 10 heteroatoms. The standard InChI is InChI=1S/C17H15ClN4O4S/c1-11-16(20-19-12-6-4-3-5-7-12)17(23)22(21-11)15-10-13(8-9-14(15)18)27(24,25)26-2/h3-10,21H,1-2H3. The van der Waals surface area contributed by atoms with E-state index in [9.17, 15) is 13.2 Å². The Bertz CT molecular complexity index is 1170. The number of benzene rings is 2. The number of azo groups is 1. The topological polar surface area (TPSA) is 106 Å². The fraction of sp³-hybridized carbons (Fsp3) is 0.118. The molecule has 1 heterocycles. The molecule has 0 saturated carbocycles. The molecular weight excluding hydrogens is 392 g/mol. The minimum absolute atomic E-state index is 0.0925. The van der Waals surface area contributed by atoms with Gasteiger partial charge in [-0.05, 0) is 37.3 Å². The SMILES string of the molecule is COS(=O)(=O)c1ccc(Cl)c(-n2[nH]c(C)c(N=Nc3ccccc3)c2=O)c1. The first-order valence-corrected chi connectivity index (χ1v) is 9.51. The van der Waals surface area contributed by atoms with Crippen molar-refractivity contribution in [3.05, 3.63) is 69.6 Å². The first-order valence-electron chi connectivity index (χ1n) is 7.72. The van der Waals surface area contributed by atoms with Crippen LogP contribution in [0.2, 0.25) is 5.02 Å². The Labute approximate surface area is 160 Å². The molecule has 1 aromatic heterocycles. The fourth-order valence-electron chi connectivity index (χ4n) is 2.34. The van der Waals surface area contributed by atoms with Crippen LogP contribution in [0.4, 0.5) is 11.4 Å². The molecular formula is C17H15ClN4O4S. The minimum atomic E-state index is -3.94. The summed E-state index contributed by atoms with van der Waals surface area (Å²) in [5.74, 6) is 0. The van der Waals surface area contributed by atoms with Crippen LogP contribution in [0.5, 0.6) is 0 Å². The average Bonchev–Trinajstić information content (AvgIpc) is 2.95. The molecule has 3 aromatic rings. The van der Waals surface area contributed by atoms with Crippen LogP contribution in [0.25, 0.3) is 5.69 Å². The predicted octanol–water partition coefficient (Wildman–Crippen LogP) is 3.88. The van der Waals surface area contributed by atoms with Crippen LogP contribution >= 0.6 is 11.6 Å². The highest BCUT2D eigenvalue weighted by Gasteiger charge is 2.19. The van der Waals surface area contributed by atoms with Crippen molar-refractivity contribution in [1.82, 2.24) is 9.78 Å². The van der Waals surface area contributed by atoms with Gasteiger partial charge in [0.25, 0.3) is 15.7 Å². The van der Waals surface area contributed by atoms with Crippen LogP contribution in [-0.2, 0) is 14.3 Å². The summed E-state index contributed by atoms with van der Waals surface area (Å²) >= 11 is 6.16.